The van der Waals surface area contributed by atoms with Crippen molar-refractivity contribution in [2.45, 2.75) is 26.7 Å². The van der Waals surface area contributed by atoms with Gasteiger partial charge in [-0.1, -0.05) is 13.8 Å². The van der Waals surface area contributed by atoms with Crippen LogP contribution in [0.25, 0.3) is 11.4 Å². The Labute approximate surface area is 119 Å². The lowest BCUT2D eigenvalue weighted by molar-refractivity contribution is 0.398. The number of nitrogens with one attached hydrogen (secondary N) is 1. The fourth-order valence-electron chi connectivity index (χ4n) is 2.23. The number of rotatable bonds is 4. The van der Waals surface area contributed by atoms with Gasteiger partial charge in [0.25, 0.3) is 0 Å². The topological polar surface area (TPSA) is 59.9 Å². The molecule has 5 nitrogen and oxygen atoms in total. The summed E-state index contributed by atoms with van der Waals surface area (Å²) in [5.74, 6) is 2.50. The van der Waals surface area contributed by atoms with E-state index in [0.29, 0.717) is 17.6 Å². The molecule has 2 aromatic heterocycles. The molecule has 0 spiro atoms. The van der Waals surface area contributed by atoms with Gasteiger partial charge < -0.3 is 10.1 Å². The summed E-state index contributed by atoms with van der Waals surface area (Å²) >= 11 is 0. The highest BCUT2D eigenvalue weighted by molar-refractivity contribution is 5.59. The van der Waals surface area contributed by atoms with E-state index in [1.807, 2.05) is 26.1 Å². The lowest BCUT2D eigenvalue weighted by atomic mass is 10.0. The molecule has 0 saturated carbocycles. The third-order valence-electron chi connectivity index (χ3n) is 3.15. The van der Waals surface area contributed by atoms with Crippen molar-refractivity contribution in [3.63, 3.8) is 0 Å². The third-order valence-corrected chi connectivity index (χ3v) is 3.15. The number of hydrogen-bond donors (Lipinski definition) is 1. The number of nitrogens with zero attached hydrogens (tertiary/aromatic N) is 3. The summed E-state index contributed by atoms with van der Waals surface area (Å²) in [5.41, 5.74) is 3.02. The van der Waals surface area contributed by atoms with Crippen LogP contribution in [0.5, 0.6) is 5.88 Å². The van der Waals surface area contributed by atoms with Crippen LogP contribution in [0.2, 0.25) is 0 Å². The molecule has 0 amide bonds. The van der Waals surface area contributed by atoms with Gasteiger partial charge >= 0.3 is 0 Å². The summed E-state index contributed by atoms with van der Waals surface area (Å²) in [6.45, 7) is 6.29. The minimum absolute atomic E-state index is 0.375. The first-order valence-electron chi connectivity index (χ1n) is 6.63. The first-order valence-corrected chi connectivity index (χ1v) is 6.63. The molecule has 20 heavy (non-hydrogen) atoms. The lowest BCUT2D eigenvalue weighted by Crippen LogP contribution is -2.07. The van der Waals surface area contributed by atoms with Crippen LogP contribution >= 0.6 is 0 Å². The zero-order chi connectivity index (χ0) is 14.7. The molecule has 0 saturated heterocycles. The maximum Gasteiger partial charge on any atom is 0.212 e. The smallest absolute Gasteiger partial charge is 0.212 e. The van der Waals surface area contributed by atoms with Crippen molar-refractivity contribution in [3.8, 4) is 17.3 Å². The van der Waals surface area contributed by atoms with Gasteiger partial charge in [-0.05, 0) is 18.9 Å². The highest BCUT2D eigenvalue weighted by Crippen LogP contribution is 2.27. The summed E-state index contributed by atoms with van der Waals surface area (Å²) in [6.07, 6.45) is 1.72. The monoisotopic (exact) mass is 272 g/mol. The minimum atomic E-state index is 0.375. The Morgan fingerprint density at radius 2 is 1.95 bits per heavy atom. The molecule has 0 radical (unpaired) electrons. The molecule has 2 aromatic rings. The van der Waals surface area contributed by atoms with E-state index in [1.165, 1.54) is 0 Å². The number of pyridine rings is 1. The van der Waals surface area contributed by atoms with Crippen molar-refractivity contribution < 1.29 is 4.74 Å². The average Bonchev–Trinajstić information content (AvgIpc) is 2.46. The van der Waals surface area contributed by atoms with Crippen molar-refractivity contribution >= 4 is 5.82 Å². The zero-order valence-electron chi connectivity index (χ0n) is 12.6. The number of ether oxygens (including phenoxy) is 1. The SMILES string of the molecule is CNc1nc(-c2ccc(OC)nc2)nc(C)c1C(C)C. The molecule has 0 bridgehead atoms. The predicted molar refractivity (Wildman–Crippen MR) is 80.2 cm³/mol. The number of aryl methyl sites for hydroxylation is 1. The van der Waals surface area contributed by atoms with Crippen LogP contribution in [0.3, 0.4) is 0 Å². The van der Waals surface area contributed by atoms with Gasteiger partial charge in [-0.15, -0.1) is 0 Å². The normalized spacial score (nSPS) is 10.7. The van der Waals surface area contributed by atoms with E-state index in [-0.39, 0.29) is 0 Å². The number of methoxy groups -OCH3 is 1. The van der Waals surface area contributed by atoms with E-state index in [1.54, 1.807) is 13.3 Å². The van der Waals surface area contributed by atoms with E-state index in [0.717, 1.165) is 22.6 Å². The fraction of sp³-hybridized carbons (Fsp3) is 0.400. The largest absolute Gasteiger partial charge is 0.481 e. The molecule has 106 valence electrons. The Kier molecular flexibility index (Phi) is 4.17. The van der Waals surface area contributed by atoms with Crippen LogP contribution < -0.4 is 10.1 Å². The van der Waals surface area contributed by atoms with Crippen LogP contribution in [-0.2, 0) is 0 Å². The molecule has 0 aliphatic heterocycles. The third kappa shape index (κ3) is 2.71. The Bertz CT molecular complexity index is 594. The molecule has 0 atom stereocenters. The van der Waals surface area contributed by atoms with Gasteiger partial charge in [0.15, 0.2) is 5.82 Å². The molecule has 2 heterocycles. The number of aromatic nitrogens is 3. The lowest BCUT2D eigenvalue weighted by Gasteiger charge is -2.15. The van der Waals surface area contributed by atoms with Gasteiger partial charge in [0.1, 0.15) is 5.82 Å². The van der Waals surface area contributed by atoms with Crippen molar-refractivity contribution in [3.05, 3.63) is 29.6 Å². The number of anilines is 1. The van der Waals surface area contributed by atoms with Crippen molar-refractivity contribution in [2.24, 2.45) is 0 Å². The highest BCUT2D eigenvalue weighted by atomic mass is 16.5. The van der Waals surface area contributed by atoms with E-state index < -0.39 is 0 Å². The van der Waals surface area contributed by atoms with Crippen molar-refractivity contribution in [2.75, 3.05) is 19.5 Å². The zero-order valence-corrected chi connectivity index (χ0v) is 12.6. The second-order valence-electron chi connectivity index (χ2n) is 4.89. The van der Waals surface area contributed by atoms with Gasteiger partial charge in [0.2, 0.25) is 5.88 Å². The fourth-order valence-corrected chi connectivity index (χ4v) is 2.23. The molecule has 2 rings (SSSR count). The van der Waals surface area contributed by atoms with E-state index >= 15 is 0 Å². The van der Waals surface area contributed by atoms with Gasteiger partial charge in [-0.2, -0.15) is 0 Å². The quantitative estimate of drug-likeness (QED) is 0.927. The second-order valence-corrected chi connectivity index (χ2v) is 4.89. The van der Waals surface area contributed by atoms with Crippen LogP contribution in [-0.4, -0.2) is 29.1 Å². The molecular formula is C15H20N4O. The Hall–Kier alpha value is -2.17. The van der Waals surface area contributed by atoms with E-state index in [9.17, 15) is 0 Å². The van der Waals surface area contributed by atoms with Crippen LogP contribution in [0.4, 0.5) is 5.82 Å². The first-order chi connectivity index (χ1) is 9.56. The molecule has 1 N–H and O–H groups in total. The Balaban J connectivity index is 2.49. The number of hydrogen-bond acceptors (Lipinski definition) is 5. The minimum Gasteiger partial charge on any atom is -0.481 e. The standard InChI is InChI=1S/C15H20N4O/c1-9(2)13-10(3)18-14(19-15(13)16-4)11-6-7-12(20-5)17-8-11/h6-9H,1-5H3,(H,16,18,19). The molecule has 0 aromatic carbocycles. The molecule has 0 aliphatic carbocycles. The summed E-state index contributed by atoms with van der Waals surface area (Å²) in [6, 6.07) is 3.72. The first kappa shape index (κ1) is 14.2. The molecule has 0 unspecified atom stereocenters. The summed E-state index contributed by atoms with van der Waals surface area (Å²) in [7, 11) is 3.48. The van der Waals surface area contributed by atoms with Gasteiger partial charge in [0, 0.05) is 36.1 Å². The summed E-state index contributed by atoms with van der Waals surface area (Å²) in [5, 5.41) is 3.15. The molecule has 0 aliphatic rings. The van der Waals surface area contributed by atoms with Crippen LogP contribution in [0.15, 0.2) is 18.3 Å². The molecular weight excluding hydrogens is 252 g/mol. The second kappa shape index (κ2) is 5.86. The van der Waals surface area contributed by atoms with Gasteiger partial charge in [-0.3, -0.25) is 0 Å². The Morgan fingerprint density at radius 3 is 2.45 bits per heavy atom. The predicted octanol–water partition coefficient (Wildman–Crippen LogP) is 3.02. The van der Waals surface area contributed by atoms with E-state index in [2.05, 4.69) is 34.1 Å². The van der Waals surface area contributed by atoms with Crippen molar-refractivity contribution in [1.29, 1.82) is 0 Å². The van der Waals surface area contributed by atoms with Gasteiger partial charge in [-0.25, -0.2) is 15.0 Å². The maximum absolute atomic E-state index is 5.06. The Morgan fingerprint density at radius 1 is 1.20 bits per heavy atom. The summed E-state index contributed by atoms with van der Waals surface area (Å²) in [4.78, 5) is 13.4. The van der Waals surface area contributed by atoms with Crippen molar-refractivity contribution in [1.82, 2.24) is 15.0 Å². The van der Waals surface area contributed by atoms with Gasteiger partial charge in [0.05, 0.1) is 7.11 Å². The maximum atomic E-state index is 5.06. The molecule has 5 heteroatoms. The van der Waals surface area contributed by atoms with Crippen LogP contribution in [0.1, 0.15) is 31.0 Å². The average molecular weight is 272 g/mol. The summed E-state index contributed by atoms with van der Waals surface area (Å²) < 4.78 is 5.06. The molecule has 0 fully saturated rings. The van der Waals surface area contributed by atoms with Crippen LogP contribution in [0, 0.1) is 6.92 Å². The highest BCUT2D eigenvalue weighted by Gasteiger charge is 2.14. The van der Waals surface area contributed by atoms with E-state index in [4.69, 9.17) is 4.74 Å².